The molecule has 0 N–H and O–H groups in total. The molecular weight excluding hydrogens is 179 g/mol. The van der Waals surface area contributed by atoms with Crippen LogP contribution in [0, 0.1) is 0 Å². The highest BCUT2D eigenvalue weighted by atomic mass is 35.5. The van der Waals surface area contributed by atoms with E-state index in [0.717, 1.165) is 10.6 Å². The fourth-order valence-electron chi connectivity index (χ4n) is 0.791. The molecule has 1 rings (SSSR count). The van der Waals surface area contributed by atoms with Gasteiger partial charge < -0.3 is 0 Å². The summed E-state index contributed by atoms with van der Waals surface area (Å²) in [5.41, 5.74) is 1.08. The minimum Gasteiger partial charge on any atom is -0.122 e. The number of rotatable bonds is 2. The van der Waals surface area contributed by atoms with Crippen LogP contribution in [0.3, 0.4) is 0 Å². The molecule has 2 heteroatoms. The molecule has 0 atom stereocenters. The first-order chi connectivity index (χ1) is 5.33. The Morgan fingerprint density at radius 1 is 1.36 bits per heavy atom. The van der Waals surface area contributed by atoms with Gasteiger partial charge >= 0.3 is 0 Å². The Morgan fingerprint density at radius 3 is 2.82 bits per heavy atom. The lowest BCUT2D eigenvalue weighted by Crippen LogP contribution is -1.70. The van der Waals surface area contributed by atoms with Crippen molar-refractivity contribution in [2.24, 2.45) is 0 Å². The van der Waals surface area contributed by atoms with E-state index in [1.54, 1.807) is 0 Å². The molecule has 0 unspecified atom stereocenters. The average Bonchev–Trinajstić information content (AvgIpc) is 2.01. The maximum atomic E-state index is 5.76. The minimum absolute atomic E-state index is 0.534. The standard InChI is InChI=1S/C9H8Cl2/c10-6-2-4-8-3-1-5-9(11)7-8/h1-5,7H,6H2. The molecular formula is C9H8Cl2. The number of halogens is 2. The molecule has 0 amide bonds. The molecule has 0 bridgehead atoms. The molecule has 0 saturated heterocycles. The number of hydrogen-bond donors (Lipinski definition) is 0. The third-order valence-corrected chi connectivity index (χ3v) is 1.66. The van der Waals surface area contributed by atoms with Crippen LogP contribution in [0.25, 0.3) is 6.08 Å². The van der Waals surface area contributed by atoms with Crippen molar-refractivity contribution in [1.29, 1.82) is 0 Å². The van der Waals surface area contributed by atoms with Gasteiger partial charge in [0, 0.05) is 10.9 Å². The fourth-order valence-corrected chi connectivity index (χ4v) is 1.08. The molecule has 1 aromatic carbocycles. The highest BCUT2D eigenvalue weighted by molar-refractivity contribution is 6.30. The molecule has 0 saturated carbocycles. The number of alkyl halides is 1. The maximum Gasteiger partial charge on any atom is 0.0411 e. The van der Waals surface area contributed by atoms with Crippen molar-refractivity contribution in [2.45, 2.75) is 0 Å². The summed E-state index contributed by atoms with van der Waals surface area (Å²) in [5, 5.41) is 0.752. The molecule has 0 aliphatic heterocycles. The lowest BCUT2D eigenvalue weighted by atomic mass is 10.2. The number of allylic oxidation sites excluding steroid dienone is 1. The van der Waals surface area contributed by atoms with Crippen LogP contribution in [0.5, 0.6) is 0 Å². The third-order valence-electron chi connectivity index (χ3n) is 1.25. The van der Waals surface area contributed by atoms with Crippen molar-refractivity contribution < 1.29 is 0 Å². The van der Waals surface area contributed by atoms with E-state index in [1.807, 2.05) is 36.4 Å². The topological polar surface area (TPSA) is 0 Å². The second kappa shape index (κ2) is 4.42. The summed E-state index contributed by atoms with van der Waals surface area (Å²) in [6.45, 7) is 0. The quantitative estimate of drug-likeness (QED) is 0.620. The van der Waals surface area contributed by atoms with Crippen LogP contribution < -0.4 is 0 Å². The van der Waals surface area contributed by atoms with Crippen molar-refractivity contribution in [3.8, 4) is 0 Å². The van der Waals surface area contributed by atoms with Crippen molar-refractivity contribution in [3.63, 3.8) is 0 Å². The number of hydrogen-bond acceptors (Lipinski definition) is 0. The van der Waals surface area contributed by atoms with E-state index in [1.165, 1.54) is 0 Å². The third kappa shape index (κ3) is 2.96. The predicted molar refractivity (Wildman–Crippen MR) is 51.2 cm³/mol. The van der Waals surface area contributed by atoms with Crippen molar-refractivity contribution in [2.75, 3.05) is 5.88 Å². The van der Waals surface area contributed by atoms with Crippen LogP contribution in [-0.2, 0) is 0 Å². The van der Waals surface area contributed by atoms with Crippen LogP contribution in [0.1, 0.15) is 5.56 Å². The van der Waals surface area contributed by atoms with Gasteiger partial charge in [0.25, 0.3) is 0 Å². The monoisotopic (exact) mass is 186 g/mol. The van der Waals surface area contributed by atoms with Crippen molar-refractivity contribution >= 4 is 29.3 Å². The van der Waals surface area contributed by atoms with Gasteiger partial charge in [-0.1, -0.05) is 35.9 Å². The molecule has 58 valence electrons. The molecule has 0 nitrogen and oxygen atoms in total. The summed E-state index contributed by atoms with van der Waals surface area (Å²) in [5.74, 6) is 0.534. The van der Waals surface area contributed by atoms with Crippen molar-refractivity contribution in [1.82, 2.24) is 0 Å². The van der Waals surface area contributed by atoms with Gasteiger partial charge in [0.05, 0.1) is 0 Å². The zero-order valence-corrected chi connectivity index (χ0v) is 7.44. The Bertz CT molecular complexity index is 253. The molecule has 1 aromatic rings. The molecule has 0 aliphatic carbocycles. The summed E-state index contributed by atoms with van der Waals surface area (Å²) in [6, 6.07) is 7.63. The first kappa shape index (κ1) is 8.63. The second-order valence-corrected chi connectivity index (χ2v) is 2.86. The van der Waals surface area contributed by atoms with Crippen LogP contribution in [0.2, 0.25) is 5.02 Å². The molecule has 0 fully saturated rings. The van der Waals surface area contributed by atoms with Gasteiger partial charge in [-0.3, -0.25) is 0 Å². The summed E-state index contributed by atoms with van der Waals surface area (Å²) in [4.78, 5) is 0. The van der Waals surface area contributed by atoms with E-state index in [0.29, 0.717) is 5.88 Å². The molecule has 0 spiro atoms. The maximum absolute atomic E-state index is 5.76. The lowest BCUT2D eigenvalue weighted by molar-refractivity contribution is 1.64. The Kier molecular flexibility index (Phi) is 3.47. The van der Waals surface area contributed by atoms with Crippen LogP contribution >= 0.6 is 23.2 Å². The van der Waals surface area contributed by atoms with E-state index < -0.39 is 0 Å². The van der Waals surface area contributed by atoms with E-state index in [2.05, 4.69) is 0 Å². The van der Waals surface area contributed by atoms with E-state index in [9.17, 15) is 0 Å². The van der Waals surface area contributed by atoms with Gasteiger partial charge in [-0.15, -0.1) is 11.6 Å². The Morgan fingerprint density at radius 2 is 2.18 bits per heavy atom. The van der Waals surface area contributed by atoms with E-state index >= 15 is 0 Å². The highest BCUT2D eigenvalue weighted by Gasteiger charge is 1.86. The molecule has 11 heavy (non-hydrogen) atoms. The van der Waals surface area contributed by atoms with Gasteiger partial charge in [-0.05, 0) is 17.7 Å². The van der Waals surface area contributed by atoms with Gasteiger partial charge in [-0.25, -0.2) is 0 Å². The largest absolute Gasteiger partial charge is 0.122 e. The highest BCUT2D eigenvalue weighted by Crippen LogP contribution is 2.11. The van der Waals surface area contributed by atoms with Crippen LogP contribution in [0.15, 0.2) is 30.3 Å². The zero-order valence-electron chi connectivity index (χ0n) is 5.93. The second-order valence-electron chi connectivity index (χ2n) is 2.11. The van der Waals surface area contributed by atoms with Gasteiger partial charge in [0.2, 0.25) is 0 Å². The smallest absolute Gasteiger partial charge is 0.0411 e. The van der Waals surface area contributed by atoms with E-state index in [-0.39, 0.29) is 0 Å². The van der Waals surface area contributed by atoms with Gasteiger partial charge in [0.15, 0.2) is 0 Å². The molecule has 0 heterocycles. The minimum atomic E-state index is 0.534. The fraction of sp³-hybridized carbons (Fsp3) is 0.111. The lowest BCUT2D eigenvalue weighted by Gasteiger charge is -1.92. The zero-order chi connectivity index (χ0) is 8.10. The summed E-state index contributed by atoms with van der Waals surface area (Å²) < 4.78 is 0. The van der Waals surface area contributed by atoms with Crippen LogP contribution in [0.4, 0.5) is 0 Å². The normalized spacial score (nSPS) is 10.7. The first-order valence-corrected chi connectivity index (χ1v) is 4.22. The van der Waals surface area contributed by atoms with Crippen molar-refractivity contribution in [3.05, 3.63) is 40.9 Å². The summed E-state index contributed by atoms with van der Waals surface area (Å²) in [6.07, 6.45) is 3.83. The number of benzene rings is 1. The van der Waals surface area contributed by atoms with E-state index in [4.69, 9.17) is 23.2 Å². The first-order valence-electron chi connectivity index (χ1n) is 3.31. The predicted octanol–water partition coefficient (Wildman–Crippen LogP) is 3.59. The molecule has 0 aliphatic rings. The van der Waals surface area contributed by atoms with Gasteiger partial charge in [0.1, 0.15) is 0 Å². The molecule has 0 aromatic heterocycles. The molecule has 0 radical (unpaired) electrons. The Labute approximate surface area is 76.4 Å². The summed E-state index contributed by atoms with van der Waals surface area (Å²) in [7, 11) is 0. The summed E-state index contributed by atoms with van der Waals surface area (Å²) >= 11 is 11.2. The Balaban J connectivity index is 2.79. The van der Waals surface area contributed by atoms with Gasteiger partial charge in [-0.2, -0.15) is 0 Å². The average molecular weight is 187 g/mol. The Hall–Kier alpha value is -0.460. The van der Waals surface area contributed by atoms with Crippen LogP contribution in [-0.4, -0.2) is 5.88 Å². The SMILES string of the molecule is ClCC=Cc1cccc(Cl)c1.